The van der Waals surface area contributed by atoms with Gasteiger partial charge in [0.2, 0.25) is 0 Å². The lowest BCUT2D eigenvalue weighted by Gasteiger charge is -2.11. The van der Waals surface area contributed by atoms with E-state index < -0.39 is 19.6 Å². The van der Waals surface area contributed by atoms with Crippen LogP contribution in [0.4, 0.5) is 13.2 Å². The van der Waals surface area contributed by atoms with Crippen LogP contribution < -0.4 is 10.1 Å². The molecular weight excluding hydrogens is 271 g/mol. The van der Waals surface area contributed by atoms with Crippen LogP contribution in [0.3, 0.4) is 0 Å². The molecular formula is C11H13ClF3NO2. The summed E-state index contributed by atoms with van der Waals surface area (Å²) < 4.78 is 44.7. The lowest BCUT2D eigenvalue weighted by Crippen LogP contribution is -2.19. The Kier molecular flexibility index (Phi) is 5.71. The van der Waals surface area contributed by atoms with Gasteiger partial charge in [0.05, 0.1) is 5.02 Å². The lowest BCUT2D eigenvalue weighted by atomic mass is 10.2. The first kappa shape index (κ1) is 15.1. The highest BCUT2D eigenvalue weighted by atomic mass is 35.5. The Morgan fingerprint density at radius 1 is 1.33 bits per heavy atom. The molecule has 3 nitrogen and oxygen atoms in total. The summed E-state index contributed by atoms with van der Waals surface area (Å²) in [5.74, 6) is 0.290. The second kappa shape index (κ2) is 6.82. The largest absolute Gasteiger partial charge is 0.466 e. The highest BCUT2D eigenvalue weighted by Gasteiger charge is 2.27. The number of halogens is 4. The Bertz CT molecular complexity index is 385. The van der Waals surface area contributed by atoms with E-state index in [1.54, 1.807) is 25.2 Å². The zero-order valence-corrected chi connectivity index (χ0v) is 10.4. The van der Waals surface area contributed by atoms with Crippen molar-refractivity contribution in [2.24, 2.45) is 0 Å². The fourth-order valence-corrected chi connectivity index (χ4v) is 1.50. The fraction of sp³-hybridized carbons (Fsp3) is 0.455. The lowest BCUT2D eigenvalue weighted by molar-refractivity contribution is -0.186. The molecule has 0 unspecified atom stereocenters. The molecule has 0 saturated heterocycles. The van der Waals surface area contributed by atoms with Gasteiger partial charge in [0, 0.05) is 6.54 Å². The predicted octanol–water partition coefficient (Wildman–Crippen LogP) is 2.97. The molecule has 0 fully saturated rings. The predicted molar refractivity (Wildman–Crippen MR) is 61.7 cm³/mol. The van der Waals surface area contributed by atoms with Gasteiger partial charge in [0.15, 0.2) is 6.79 Å². The van der Waals surface area contributed by atoms with E-state index in [1.807, 2.05) is 0 Å². The molecule has 0 bridgehead atoms. The Labute approximate surface area is 108 Å². The van der Waals surface area contributed by atoms with Crippen LogP contribution in [0, 0.1) is 0 Å². The van der Waals surface area contributed by atoms with Crippen LogP contribution in [0.15, 0.2) is 18.2 Å². The second-order valence-electron chi connectivity index (χ2n) is 3.52. The molecule has 102 valence electrons. The maximum Gasteiger partial charge on any atom is 0.411 e. The molecule has 0 radical (unpaired) electrons. The summed E-state index contributed by atoms with van der Waals surface area (Å²) in [6, 6.07) is 5.03. The number of alkyl halides is 3. The van der Waals surface area contributed by atoms with Crippen molar-refractivity contribution in [3.63, 3.8) is 0 Å². The second-order valence-corrected chi connectivity index (χ2v) is 3.93. The number of rotatable bonds is 6. The molecule has 18 heavy (non-hydrogen) atoms. The van der Waals surface area contributed by atoms with Crippen LogP contribution in [-0.2, 0) is 11.3 Å². The summed E-state index contributed by atoms with van der Waals surface area (Å²) in [7, 11) is 1.79. The minimum Gasteiger partial charge on any atom is -0.466 e. The summed E-state index contributed by atoms with van der Waals surface area (Å²) in [4.78, 5) is 0. The van der Waals surface area contributed by atoms with Crippen LogP contribution in [0.1, 0.15) is 5.56 Å². The van der Waals surface area contributed by atoms with Gasteiger partial charge in [-0.3, -0.25) is 0 Å². The normalized spacial score (nSPS) is 11.6. The van der Waals surface area contributed by atoms with Gasteiger partial charge in [-0.15, -0.1) is 0 Å². The van der Waals surface area contributed by atoms with E-state index in [2.05, 4.69) is 10.1 Å². The van der Waals surface area contributed by atoms with Gasteiger partial charge in [-0.2, -0.15) is 13.2 Å². The first-order valence-electron chi connectivity index (χ1n) is 5.12. The average Bonchev–Trinajstić information content (AvgIpc) is 2.26. The minimum atomic E-state index is -4.36. The van der Waals surface area contributed by atoms with Crippen LogP contribution in [0.5, 0.6) is 5.75 Å². The topological polar surface area (TPSA) is 30.5 Å². The molecule has 0 aromatic heterocycles. The van der Waals surface area contributed by atoms with Crippen molar-refractivity contribution in [1.82, 2.24) is 5.32 Å². The van der Waals surface area contributed by atoms with Crippen LogP contribution in [0.2, 0.25) is 5.02 Å². The monoisotopic (exact) mass is 283 g/mol. The van der Waals surface area contributed by atoms with Gasteiger partial charge in [-0.05, 0) is 24.7 Å². The summed E-state index contributed by atoms with van der Waals surface area (Å²) in [5, 5.41) is 3.28. The average molecular weight is 284 g/mol. The molecule has 0 amide bonds. The van der Waals surface area contributed by atoms with Gasteiger partial charge in [-0.25, -0.2) is 0 Å². The van der Waals surface area contributed by atoms with Crippen LogP contribution >= 0.6 is 11.6 Å². The third-order valence-corrected chi connectivity index (χ3v) is 2.24. The van der Waals surface area contributed by atoms with E-state index in [0.717, 1.165) is 5.56 Å². The standard InChI is InChI=1S/C11H13ClF3NO2/c1-16-5-8-2-3-10(9(12)4-8)18-7-17-6-11(13,14)15/h2-4,16H,5-7H2,1H3. The Balaban J connectivity index is 2.43. The molecule has 0 aliphatic carbocycles. The van der Waals surface area contributed by atoms with Gasteiger partial charge in [0.1, 0.15) is 12.4 Å². The molecule has 0 aliphatic rings. The van der Waals surface area contributed by atoms with E-state index in [-0.39, 0.29) is 0 Å². The van der Waals surface area contributed by atoms with E-state index in [1.165, 1.54) is 0 Å². The molecule has 0 saturated carbocycles. The summed E-state index contributed by atoms with van der Waals surface area (Å²) >= 11 is 5.90. The molecule has 0 atom stereocenters. The van der Waals surface area contributed by atoms with Gasteiger partial charge < -0.3 is 14.8 Å². The molecule has 1 rings (SSSR count). The fourth-order valence-electron chi connectivity index (χ4n) is 1.24. The van der Waals surface area contributed by atoms with Crippen molar-refractivity contribution >= 4 is 11.6 Å². The van der Waals surface area contributed by atoms with Crippen molar-refractivity contribution in [3.8, 4) is 5.75 Å². The Morgan fingerprint density at radius 2 is 2.06 bits per heavy atom. The van der Waals surface area contributed by atoms with E-state index in [0.29, 0.717) is 17.3 Å². The van der Waals surface area contributed by atoms with E-state index in [4.69, 9.17) is 16.3 Å². The summed E-state index contributed by atoms with van der Waals surface area (Å²) in [6.45, 7) is -1.20. The van der Waals surface area contributed by atoms with Crippen molar-refractivity contribution in [1.29, 1.82) is 0 Å². The number of ether oxygens (including phenoxy) is 2. The molecule has 7 heteroatoms. The van der Waals surface area contributed by atoms with Crippen LogP contribution in [0.25, 0.3) is 0 Å². The number of benzene rings is 1. The van der Waals surface area contributed by atoms with Crippen molar-refractivity contribution in [3.05, 3.63) is 28.8 Å². The maximum absolute atomic E-state index is 11.8. The van der Waals surface area contributed by atoms with Crippen molar-refractivity contribution in [2.45, 2.75) is 12.7 Å². The molecule has 0 spiro atoms. The first-order valence-corrected chi connectivity index (χ1v) is 5.50. The first-order chi connectivity index (χ1) is 8.42. The molecule has 0 heterocycles. The zero-order valence-electron chi connectivity index (χ0n) is 9.68. The van der Waals surface area contributed by atoms with Crippen LogP contribution in [-0.4, -0.2) is 26.6 Å². The van der Waals surface area contributed by atoms with E-state index >= 15 is 0 Å². The third kappa shape index (κ3) is 5.57. The van der Waals surface area contributed by atoms with Crippen molar-refractivity contribution in [2.75, 3.05) is 20.4 Å². The van der Waals surface area contributed by atoms with Gasteiger partial charge in [0.25, 0.3) is 0 Å². The summed E-state index contributed by atoms with van der Waals surface area (Å²) in [6.07, 6.45) is -4.36. The Hall–Kier alpha value is -0.980. The summed E-state index contributed by atoms with van der Waals surface area (Å²) in [5.41, 5.74) is 0.950. The SMILES string of the molecule is CNCc1ccc(OCOCC(F)(F)F)c(Cl)c1. The molecule has 1 aromatic rings. The number of hydrogen-bond donors (Lipinski definition) is 1. The highest BCUT2D eigenvalue weighted by Crippen LogP contribution is 2.25. The van der Waals surface area contributed by atoms with Gasteiger partial charge in [-0.1, -0.05) is 17.7 Å². The number of hydrogen-bond acceptors (Lipinski definition) is 3. The zero-order chi connectivity index (χ0) is 13.6. The molecule has 1 aromatic carbocycles. The smallest absolute Gasteiger partial charge is 0.411 e. The Morgan fingerprint density at radius 3 is 2.61 bits per heavy atom. The quantitative estimate of drug-likeness (QED) is 0.643. The van der Waals surface area contributed by atoms with Crippen molar-refractivity contribution < 1.29 is 22.6 Å². The molecule has 1 N–H and O–H groups in total. The van der Waals surface area contributed by atoms with Gasteiger partial charge >= 0.3 is 6.18 Å². The third-order valence-electron chi connectivity index (χ3n) is 1.94. The number of nitrogens with one attached hydrogen (secondary N) is 1. The molecule has 0 aliphatic heterocycles. The minimum absolute atomic E-state index is 0.290. The maximum atomic E-state index is 11.8. The van der Waals surface area contributed by atoms with E-state index in [9.17, 15) is 13.2 Å². The highest BCUT2D eigenvalue weighted by molar-refractivity contribution is 6.32.